The molecule has 0 fully saturated rings. The van der Waals surface area contributed by atoms with Crippen molar-refractivity contribution in [3.8, 4) is 17.6 Å². The number of hydrogen-bond donors (Lipinski definition) is 1. The second-order valence-electron chi connectivity index (χ2n) is 9.89. The number of nitrogens with two attached hydrogens (primary N) is 1. The van der Waals surface area contributed by atoms with Crippen LogP contribution in [0.2, 0.25) is 5.02 Å². The van der Waals surface area contributed by atoms with Crippen LogP contribution in [-0.2, 0) is 11.4 Å². The number of allylic oxidation sites excluding steroid dienone is 3. The van der Waals surface area contributed by atoms with E-state index in [4.69, 9.17) is 26.8 Å². The molecule has 0 saturated carbocycles. The highest BCUT2D eigenvalue weighted by atomic mass is 35.5. The maximum Gasteiger partial charge on any atom is 0.161 e. The summed E-state index contributed by atoms with van der Waals surface area (Å²) in [7, 11) is 1.63. The molecule has 0 radical (unpaired) electrons. The highest BCUT2D eigenvalue weighted by molar-refractivity contribution is 6.30. The van der Waals surface area contributed by atoms with Gasteiger partial charge >= 0.3 is 0 Å². The van der Waals surface area contributed by atoms with Crippen LogP contribution in [0.25, 0.3) is 0 Å². The van der Waals surface area contributed by atoms with Crippen LogP contribution in [0.5, 0.6) is 11.5 Å². The number of carbonyl (C=O) groups is 1. The van der Waals surface area contributed by atoms with Crippen LogP contribution in [0.1, 0.15) is 47.4 Å². The van der Waals surface area contributed by atoms with Crippen molar-refractivity contribution in [1.82, 2.24) is 0 Å². The van der Waals surface area contributed by atoms with Gasteiger partial charge in [-0.15, -0.1) is 0 Å². The summed E-state index contributed by atoms with van der Waals surface area (Å²) < 4.78 is 11.3. The Morgan fingerprint density at radius 3 is 2.38 bits per heavy atom. The van der Waals surface area contributed by atoms with Crippen molar-refractivity contribution in [3.05, 3.63) is 111 Å². The molecular formula is C32H30ClN3O3. The molecule has 1 aliphatic heterocycles. The molecule has 3 aromatic carbocycles. The molecule has 2 N–H and O–H groups in total. The SMILES string of the molecule is COc1ccc(OCc2cc(C3C(C#N)=C(N)N(c4ccc(Cl)cc4)C4=C3C(=O)CCC4)c(C)cc2C)cc1. The third kappa shape index (κ3) is 4.98. The summed E-state index contributed by atoms with van der Waals surface area (Å²) in [6.07, 6.45) is 1.87. The number of nitriles is 1. The molecule has 0 amide bonds. The number of aryl methyl sites for hydroxylation is 2. The van der Waals surface area contributed by atoms with Gasteiger partial charge in [0.05, 0.1) is 24.7 Å². The fourth-order valence-corrected chi connectivity index (χ4v) is 5.62. The topological polar surface area (TPSA) is 88.6 Å². The highest BCUT2D eigenvalue weighted by Gasteiger charge is 2.41. The van der Waals surface area contributed by atoms with Crippen molar-refractivity contribution in [2.24, 2.45) is 5.73 Å². The van der Waals surface area contributed by atoms with Crippen LogP contribution >= 0.6 is 11.6 Å². The Morgan fingerprint density at radius 1 is 1.03 bits per heavy atom. The molecule has 3 aromatic rings. The molecule has 198 valence electrons. The summed E-state index contributed by atoms with van der Waals surface area (Å²) in [6, 6.07) is 21.2. The van der Waals surface area contributed by atoms with Gasteiger partial charge in [0.2, 0.25) is 0 Å². The van der Waals surface area contributed by atoms with Gasteiger partial charge in [-0.2, -0.15) is 5.26 Å². The summed E-state index contributed by atoms with van der Waals surface area (Å²) >= 11 is 6.13. The second kappa shape index (κ2) is 10.9. The van der Waals surface area contributed by atoms with E-state index in [1.54, 1.807) is 19.2 Å². The van der Waals surface area contributed by atoms with E-state index < -0.39 is 5.92 Å². The second-order valence-corrected chi connectivity index (χ2v) is 10.3. The molecule has 0 spiro atoms. The van der Waals surface area contributed by atoms with Crippen LogP contribution in [0.3, 0.4) is 0 Å². The summed E-state index contributed by atoms with van der Waals surface area (Å²) in [5.41, 5.74) is 13.3. The lowest BCUT2D eigenvalue weighted by Gasteiger charge is -2.40. The predicted molar refractivity (Wildman–Crippen MR) is 153 cm³/mol. The monoisotopic (exact) mass is 539 g/mol. The molecule has 0 aromatic heterocycles. The number of halogens is 1. The standard InChI is InChI=1S/C32H30ClN3O3/c1-19-15-20(2)26(16-21(19)18-39-25-13-11-24(38-3)12-14-25)30-27(17-34)32(35)36(23-9-7-22(33)8-10-23)28-5-4-6-29(37)31(28)30/h7-16,30H,4-6,18,35H2,1-3H3. The molecule has 7 heteroatoms. The third-order valence-electron chi connectivity index (χ3n) is 7.49. The van der Waals surface area contributed by atoms with Gasteiger partial charge < -0.3 is 15.2 Å². The van der Waals surface area contributed by atoms with E-state index in [-0.39, 0.29) is 5.78 Å². The van der Waals surface area contributed by atoms with E-state index in [9.17, 15) is 10.1 Å². The summed E-state index contributed by atoms with van der Waals surface area (Å²) in [4.78, 5) is 15.4. The van der Waals surface area contributed by atoms with Gasteiger partial charge in [0, 0.05) is 28.4 Å². The molecule has 1 unspecified atom stereocenters. The van der Waals surface area contributed by atoms with Crippen LogP contribution in [0.4, 0.5) is 5.69 Å². The molecule has 0 bridgehead atoms. The lowest BCUT2D eigenvalue weighted by atomic mass is 9.74. The minimum absolute atomic E-state index is 0.0523. The predicted octanol–water partition coefficient (Wildman–Crippen LogP) is 6.85. The quantitative estimate of drug-likeness (QED) is 0.368. The first kappa shape index (κ1) is 26.4. The molecule has 1 aliphatic carbocycles. The Bertz CT molecular complexity index is 1530. The number of carbonyl (C=O) groups excluding carboxylic acids is 1. The van der Waals surface area contributed by atoms with E-state index in [1.165, 1.54) is 0 Å². The smallest absolute Gasteiger partial charge is 0.161 e. The zero-order valence-electron chi connectivity index (χ0n) is 22.3. The van der Waals surface area contributed by atoms with Crippen LogP contribution in [0, 0.1) is 25.2 Å². The Kier molecular flexibility index (Phi) is 7.36. The molecule has 1 atom stereocenters. The fraction of sp³-hybridized carbons (Fsp3) is 0.250. The molecular weight excluding hydrogens is 510 g/mol. The molecule has 1 heterocycles. The zero-order valence-corrected chi connectivity index (χ0v) is 23.0. The number of rotatable bonds is 6. The molecule has 2 aliphatic rings. The summed E-state index contributed by atoms with van der Waals surface area (Å²) in [5.74, 6) is 1.34. The van der Waals surface area contributed by atoms with Crippen molar-refractivity contribution < 1.29 is 14.3 Å². The van der Waals surface area contributed by atoms with Crippen LogP contribution < -0.4 is 20.1 Å². The van der Waals surface area contributed by atoms with Gasteiger partial charge in [0.15, 0.2) is 5.78 Å². The zero-order chi connectivity index (χ0) is 27.7. The lowest BCUT2D eigenvalue weighted by Crippen LogP contribution is -2.38. The summed E-state index contributed by atoms with van der Waals surface area (Å²) in [5, 5.41) is 11.0. The number of ether oxygens (including phenoxy) is 2. The normalized spacial score (nSPS) is 17.2. The van der Waals surface area contributed by atoms with E-state index >= 15 is 0 Å². The van der Waals surface area contributed by atoms with Gasteiger partial charge in [-0.05, 0) is 97.5 Å². The summed E-state index contributed by atoms with van der Waals surface area (Å²) in [6.45, 7) is 4.40. The van der Waals surface area contributed by atoms with Gasteiger partial charge in [0.25, 0.3) is 0 Å². The largest absolute Gasteiger partial charge is 0.497 e. The number of ketones is 1. The van der Waals surface area contributed by atoms with E-state index in [0.29, 0.717) is 41.4 Å². The number of nitrogens with zero attached hydrogens (tertiary/aromatic N) is 2. The Morgan fingerprint density at radius 2 is 1.72 bits per heavy atom. The third-order valence-corrected chi connectivity index (χ3v) is 7.74. The lowest BCUT2D eigenvalue weighted by molar-refractivity contribution is -0.116. The van der Waals surface area contributed by atoms with Crippen molar-refractivity contribution in [3.63, 3.8) is 0 Å². The number of benzene rings is 3. The maximum atomic E-state index is 13.5. The molecule has 6 nitrogen and oxygen atoms in total. The van der Waals surface area contributed by atoms with Crippen molar-refractivity contribution in [2.45, 2.75) is 45.6 Å². The van der Waals surface area contributed by atoms with E-state index in [1.807, 2.05) is 55.1 Å². The number of methoxy groups -OCH3 is 1. The number of anilines is 1. The molecule has 39 heavy (non-hydrogen) atoms. The number of Topliss-reactive ketones (excluding diaryl/α,β-unsaturated/α-hetero) is 1. The highest BCUT2D eigenvalue weighted by Crippen LogP contribution is 2.47. The van der Waals surface area contributed by atoms with Gasteiger partial charge in [0.1, 0.15) is 23.9 Å². The van der Waals surface area contributed by atoms with Gasteiger partial charge in [-0.3, -0.25) is 9.69 Å². The minimum Gasteiger partial charge on any atom is -0.497 e. The van der Waals surface area contributed by atoms with E-state index in [0.717, 1.165) is 51.6 Å². The average Bonchev–Trinajstić information content (AvgIpc) is 2.93. The first-order chi connectivity index (χ1) is 18.8. The Labute approximate surface area is 233 Å². The number of hydrogen-bond acceptors (Lipinski definition) is 6. The fourth-order valence-electron chi connectivity index (χ4n) is 5.50. The first-order valence-electron chi connectivity index (χ1n) is 12.9. The van der Waals surface area contributed by atoms with Crippen LogP contribution in [-0.4, -0.2) is 12.9 Å². The van der Waals surface area contributed by atoms with E-state index in [2.05, 4.69) is 18.2 Å². The van der Waals surface area contributed by atoms with Crippen LogP contribution in [0.15, 0.2) is 83.3 Å². The average molecular weight is 540 g/mol. The van der Waals surface area contributed by atoms with Crippen molar-refractivity contribution in [2.75, 3.05) is 12.0 Å². The van der Waals surface area contributed by atoms with Gasteiger partial charge in [-0.25, -0.2) is 0 Å². The van der Waals surface area contributed by atoms with Crippen molar-refractivity contribution >= 4 is 23.1 Å². The molecule has 0 saturated heterocycles. The first-order valence-corrected chi connectivity index (χ1v) is 13.3. The minimum atomic E-state index is -0.540. The Balaban J connectivity index is 1.59. The van der Waals surface area contributed by atoms with Crippen molar-refractivity contribution in [1.29, 1.82) is 5.26 Å². The maximum absolute atomic E-state index is 13.5. The van der Waals surface area contributed by atoms with Gasteiger partial charge in [-0.1, -0.05) is 23.7 Å². The Hall–Kier alpha value is -4.21. The molecule has 5 rings (SSSR count).